The van der Waals surface area contributed by atoms with E-state index in [0.29, 0.717) is 0 Å². The molecule has 128 valence electrons. The molecule has 0 unspecified atom stereocenters. The highest BCUT2D eigenvalue weighted by Gasteiger charge is 2.26. The van der Waals surface area contributed by atoms with Gasteiger partial charge in [-0.05, 0) is 51.8 Å². The zero-order valence-electron chi connectivity index (χ0n) is 14.6. The Morgan fingerprint density at radius 2 is 1.83 bits per heavy atom. The maximum atomic E-state index is 4.68. The van der Waals surface area contributed by atoms with Gasteiger partial charge >= 0.3 is 0 Å². The van der Waals surface area contributed by atoms with Crippen LogP contribution in [0.25, 0.3) is 10.6 Å². The Hall–Kier alpha value is -1.39. The van der Waals surface area contributed by atoms with Crippen molar-refractivity contribution in [2.75, 3.05) is 31.1 Å². The Labute approximate surface area is 149 Å². The third-order valence-corrected chi connectivity index (χ3v) is 6.55. The van der Waals surface area contributed by atoms with Crippen LogP contribution >= 0.6 is 11.3 Å². The van der Waals surface area contributed by atoms with Gasteiger partial charge < -0.3 is 9.80 Å². The summed E-state index contributed by atoms with van der Waals surface area (Å²) in [6.45, 7) is 7.14. The van der Waals surface area contributed by atoms with Crippen LogP contribution in [0.15, 0.2) is 30.5 Å². The summed E-state index contributed by atoms with van der Waals surface area (Å²) in [6.07, 6.45) is 8.90. The second kappa shape index (κ2) is 7.24. The monoisotopic (exact) mass is 341 g/mol. The fourth-order valence-electron chi connectivity index (χ4n) is 4.06. The summed E-state index contributed by atoms with van der Waals surface area (Å²) in [4.78, 5) is 9.96. The van der Waals surface area contributed by atoms with Gasteiger partial charge in [-0.25, -0.2) is 4.98 Å². The topological polar surface area (TPSA) is 19.4 Å². The van der Waals surface area contributed by atoms with Crippen molar-refractivity contribution in [2.24, 2.45) is 0 Å². The van der Waals surface area contributed by atoms with Crippen molar-refractivity contribution in [3.8, 4) is 10.6 Å². The first-order valence-corrected chi connectivity index (χ1v) is 10.1. The molecule has 2 aromatic rings. The highest BCUT2D eigenvalue weighted by atomic mass is 32.1. The summed E-state index contributed by atoms with van der Waals surface area (Å²) >= 11 is 1.84. The van der Waals surface area contributed by atoms with E-state index < -0.39 is 0 Å². The molecule has 0 amide bonds. The molecule has 0 radical (unpaired) electrons. The number of hydrogen-bond donors (Lipinski definition) is 0. The SMILES string of the molecule is Cc1cccc(-c2ncc(N3CCC(N4CCCCC4)CC3)s2)c1. The van der Waals surface area contributed by atoms with Gasteiger partial charge in [0.15, 0.2) is 0 Å². The summed E-state index contributed by atoms with van der Waals surface area (Å²) < 4.78 is 0. The Bertz CT molecular complexity index is 667. The second-order valence-corrected chi connectivity index (χ2v) is 8.20. The molecule has 24 heavy (non-hydrogen) atoms. The van der Waals surface area contributed by atoms with Crippen LogP contribution in [0.1, 0.15) is 37.7 Å². The number of hydrogen-bond acceptors (Lipinski definition) is 4. The minimum atomic E-state index is 0.811. The molecule has 3 nitrogen and oxygen atoms in total. The lowest BCUT2D eigenvalue weighted by atomic mass is 10.0. The first-order valence-electron chi connectivity index (χ1n) is 9.31. The molecule has 2 aliphatic heterocycles. The van der Waals surface area contributed by atoms with E-state index in [4.69, 9.17) is 0 Å². The van der Waals surface area contributed by atoms with Gasteiger partial charge in [-0.3, -0.25) is 0 Å². The standard InChI is InChI=1S/C20H27N3S/c1-16-6-5-7-17(14-16)20-21-15-19(24-20)23-12-8-18(9-13-23)22-10-3-2-4-11-22/h5-7,14-15,18H,2-4,8-13H2,1H3. The van der Waals surface area contributed by atoms with Gasteiger partial charge in [-0.1, -0.05) is 41.5 Å². The predicted octanol–water partition coefficient (Wildman–Crippen LogP) is 4.57. The van der Waals surface area contributed by atoms with Crippen molar-refractivity contribution in [3.05, 3.63) is 36.0 Å². The number of likely N-dealkylation sites (tertiary alicyclic amines) is 1. The Morgan fingerprint density at radius 3 is 2.58 bits per heavy atom. The molecule has 1 aromatic heterocycles. The summed E-state index contributed by atoms with van der Waals surface area (Å²) in [6, 6.07) is 9.47. The van der Waals surface area contributed by atoms with E-state index in [1.54, 1.807) is 0 Å². The van der Waals surface area contributed by atoms with Crippen molar-refractivity contribution >= 4 is 16.3 Å². The molecule has 0 saturated carbocycles. The zero-order chi connectivity index (χ0) is 16.4. The number of aromatic nitrogens is 1. The maximum Gasteiger partial charge on any atom is 0.125 e. The van der Waals surface area contributed by atoms with Gasteiger partial charge in [0.05, 0.1) is 6.20 Å². The molecule has 4 heteroatoms. The third-order valence-electron chi connectivity index (χ3n) is 5.44. The molecule has 3 heterocycles. The van der Waals surface area contributed by atoms with E-state index >= 15 is 0 Å². The molecule has 0 N–H and O–H groups in total. The van der Waals surface area contributed by atoms with Gasteiger partial charge in [0.2, 0.25) is 0 Å². The lowest BCUT2D eigenvalue weighted by Gasteiger charge is -2.40. The quantitative estimate of drug-likeness (QED) is 0.815. The predicted molar refractivity (Wildman–Crippen MR) is 103 cm³/mol. The van der Waals surface area contributed by atoms with E-state index in [9.17, 15) is 0 Å². The smallest absolute Gasteiger partial charge is 0.125 e. The molecule has 0 aliphatic carbocycles. The number of rotatable bonds is 3. The van der Waals surface area contributed by atoms with E-state index in [1.807, 2.05) is 11.3 Å². The first kappa shape index (κ1) is 16.1. The minimum Gasteiger partial charge on any atom is -0.362 e. The zero-order valence-corrected chi connectivity index (χ0v) is 15.4. The number of aryl methyl sites for hydroxylation is 1. The van der Waals surface area contributed by atoms with Crippen LogP contribution in [0.3, 0.4) is 0 Å². The molecule has 1 aromatic carbocycles. The summed E-state index contributed by atoms with van der Waals surface area (Å²) in [7, 11) is 0. The van der Waals surface area contributed by atoms with Crippen LogP contribution in [-0.2, 0) is 0 Å². The Balaban J connectivity index is 1.39. The normalized spacial score (nSPS) is 20.5. The number of benzene rings is 1. The van der Waals surface area contributed by atoms with Crippen LogP contribution in [0.5, 0.6) is 0 Å². The van der Waals surface area contributed by atoms with Gasteiger partial charge in [-0.15, -0.1) is 0 Å². The van der Waals surface area contributed by atoms with Gasteiger partial charge in [-0.2, -0.15) is 0 Å². The molecule has 2 saturated heterocycles. The Morgan fingerprint density at radius 1 is 1.04 bits per heavy atom. The first-order chi connectivity index (χ1) is 11.8. The average molecular weight is 342 g/mol. The Kier molecular flexibility index (Phi) is 4.86. The molecule has 4 rings (SSSR count). The lowest BCUT2D eigenvalue weighted by Crippen LogP contribution is -2.46. The van der Waals surface area contributed by atoms with Gasteiger partial charge in [0.1, 0.15) is 10.0 Å². The van der Waals surface area contributed by atoms with Crippen LogP contribution in [0, 0.1) is 6.92 Å². The average Bonchev–Trinajstić information content (AvgIpc) is 3.13. The number of anilines is 1. The number of piperidine rings is 2. The minimum absolute atomic E-state index is 0.811. The molecule has 0 spiro atoms. The largest absolute Gasteiger partial charge is 0.362 e. The van der Waals surface area contributed by atoms with Gasteiger partial charge in [0, 0.05) is 24.7 Å². The third kappa shape index (κ3) is 3.50. The van der Waals surface area contributed by atoms with Crippen molar-refractivity contribution < 1.29 is 0 Å². The summed E-state index contributed by atoms with van der Waals surface area (Å²) in [5.41, 5.74) is 2.54. The van der Waals surface area contributed by atoms with Gasteiger partial charge in [0.25, 0.3) is 0 Å². The molecule has 0 atom stereocenters. The molecule has 2 aliphatic rings. The molecule has 0 bridgehead atoms. The molecule has 2 fully saturated rings. The summed E-state index contributed by atoms with van der Waals surface area (Å²) in [5, 5.41) is 2.48. The van der Waals surface area contributed by atoms with E-state index in [1.165, 1.54) is 74.4 Å². The molecular weight excluding hydrogens is 314 g/mol. The second-order valence-electron chi connectivity index (χ2n) is 7.19. The highest BCUT2D eigenvalue weighted by molar-refractivity contribution is 7.18. The maximum absolute atomic E-state index is 4.68. The van der Waals surface area contributed by atoms with E-state index in [2.05, 4.69) is 52.2 Å². The van der Waals surface area contributed by atoms with Crippen LogP contribution in [0.2, 0.25) is 0 Å². The van der Waals surface area contributed by atoms with E-state index in [-0.39, 0.29) is 0 Å². The lowest BCUT2D eigenvalue weighted by molar-refractivity contribution is 0.141. The van der Waals surface area contributed by atoms with Crippen molar-refractivity contribution in [1.29, 1.82) is 0 Å². The van der Waals surface area contributed by atoms with Crippen LogP contribution in [0.4, 0.5) is 5.00 Å². The van der Waals surface area contributed by atoms with Crippen LogP contribution < -0.4 is 4.90 Å². The highest BCUT2D eigenvalue weighted by Crippen LogP contribution is 2.33. The molecular formula is C20H27N3S. The number of nitrogens with zero attached hydrogens (tertiary/aromatic N) is 3. The van der Waals surface area contributed by atoms with Crippen molar-refractivity contribution in [3.63, 3.8) is 0 Å². The van der Waals surface area contributed by atoms with Crippen molar-refractivity contribution in [1.82, 2.24) is 9.88 Å². The van der Waals surface area contributed by atoms with E-state index in [0.717, 1.165) is 11.0 Å². The number of thiazole rings is 1. The fourth-order valence-corrected chi connectivity index (χ4v) is 5.02. The fraction of sp³-hybridized carbons (Fsp3) is 0.550. The summed E-state index contributed by atoms with van der Waals surface area (Å²) in [5.74, 6) is 0. The van der Waals surface area contributed by atoms with Crippen LogP contribution in [-0.4, -0.2) is 42.1 Å². The van der Waals surface area contributed by atoms with Crippen molar-refractivity contribution in [2.45, 2.75) is 45.1 Å².